The van der Waals surface area contributed by atoms with Gasteiger partial charge in [-0.2, -0.15) is 0 Å². The largest absolute Gasteiger partial charge is 0.464 e. The predicted octanol–water partition coefficient (Wildman–Crippen LogP) is 2.51. The smallest absolute Gasteiger partial charge is 0.330 e. The number of benzene rings is 1. The summed E-state index contributed by atoms with van der Waals surface area (Å²) in [5.74, 6) is -0.199. The Morgan fingerprint density at radius 2 is 2.12 bits per heavy atom. The first kappa shape index (κ1) is 11.8. The summed E-state index contributed by atoms with van der Waals surface area (Å²) in [6, 6.07) is 7.94. The van der Waals surface area contributed by atoms with Gasteiger partial charge in [0.2, 0.25) is 0 Å². The van der Waals surface area contributed by atoms with Crippen LogP contribution in [0.3, 0.4) is 0 Å². The molecule has 1 aliphatic rings. The number of hydrogen-bond acceptors (Lipinski definition) is 3. The van der Waals surface area contributed by atoms with Gasteiger partial charge in [-0.3, -0.25) is 4.99 Å². The number of aliphatic imine (C=N–C) groups is 1. The predicted molar refractivity (Wildman–Crippen MR) is 67.4 cm³/mol. The maximum Gasteiger partial charge on any atom is 0.330 e. The van der Waals surface area contributed by atoms with Gasteiger partial charge in [-0.05, 0) is 32.3 Å². The first-order valence-corrected chi connectivity index (χ1v) is 6.01. The standard InChI is InChI=1S/C14H17NO2/c1-3-17-14(16)13-9-8-12(15-13)11-6-4-10(2)5-7-11/h4-7,13H,3,8-9H2,1-2H3/t13-/m0/s1. The van der Waals surface area contributed by atoms with E-state index in [1.165, 1.54) is 5.56 Å². The van der Waals surface area contributed by atoms with Gasteiger partial charge in [-0.25, -0.2) is 4.79 Å². The molecule has 2 rings (SSSR count). The van der Waals surface area contributed by atoms with E-state index in [0.717, 1.165) is 24.1 Å². The molecule has 90 valence electrons. The summed E-state index contributed by atoms with van der Waals surface area (Å²) in [4.78, 5) is 16.0. The number of ether oxygens (including phenoxy) is 1. The van der Waals surface area contributed by atoms with Crippen molar-refractivity contribution in [2.75, 3.05) is 6.61 Å². The second-order valence-corrected chi connectivity index (χ2v) is 4.25. The second-order valence-electron chi connectivity index (χ2n) is 4.25. The van der Waals surface area contributed by atoms with Crippen LogP contribution in [0.5, 0.6) is 0 Å². The fourth-order valence-electron chi connectivity index (χ4n) is 1.96. The van der Waals surface area contributed by atoms with Crippen LogP contribution in [-0.4, -0.2) is 24.3 Å². The summed E-state index contributed by atoms with van der Waals surface area (Å²) in [7, 11) is 0. The maximum atomic E-state index is 11.5. The molecule has 0 unspecified atom stereocenters. The molecule has 0 radical (unpaired) electrons. The first-order valence-electron chi connectivity index (χ1n) is 6.01. The topological polar surface area (TPSA) is 38.7 Å². The summed E-state index contributed by atoms with van der Waals surface area (Å²) in [5, 5.41) is 0. The Balaban J connectivity index is 2.11. The molecule has 0 amide bonds. The van der Waals surface area contributed by atoms with Crippen LogP contribution in [0.1, 0.15) is 30.9 Å². The summed E-state index contributed by atoms with van der Waals surface area (Å²) in [6.07, 6.45) is 1.62. The average molecular weight is 231 g/mol. The van der Waals surface area contributed by atoms with Crippen molar-refractivity contribution in [3.63, 3.8) is 0 Å². The zero-order valence-electron chi connectivity index (χ0n) is 10.3. The van der Waals surface area contributed by atoms with Gasteiger partial charge in [0.05, 0.1) is 6.61 Å². The number of aryl methyl sites for hydroxylation is 1. The monoisotopic (exact) mass is 231 g/mol. The van der Waals surface area contributed by atoms with Crippen molar-refractivity contribution < 1.29 is 9.53 Å². The molecule has 0 saturated carbocycles. The molecule has 0 spiro atoms. The maximum absolute atomic E-state index is 11.5. The SMILES string of the molecule is CCOC(=O)[C@@H]1CCC(c2ccc(C)cc2)=N1. The molecule has 0 aromatic heterocycles. The number of carbonyl (C=O) groups is 1. The average Bonchev–Trinajstić information content (AvgIpc) is 2.80. The molecule has 3 heteroatoms. The Kier molecular flexibility index (Phi) is 3.57. The lowest BCUT2D eigenvalue weighted by molar-refractivity contribution is -0.144. The van der Waals surface area contributed by atoms with Crippen molar-refractivity contribution in [2.45, 2.75) is 32.7 Å². The minimum Gasteiger partial charge on any atom is -0.464 e. The van der Waals surface area contributed by atoms with Gasteiger partial charge in [0.1, 0.15) is 6.04 Å². The lowest BCUT2D eigenvalue weighted by atomic mass is 10.1. The summed E-state index contributed by atoms with van der Waals surface area (Å²) in [5.41, 5.74) is 3.36. The number of nitrogens with zero attached hydrogens (tertiary/aromatic N) is 1. The Labute approximate surface area is 102 Å². The Bertz CT molecular complexity index is 434. The van der Waals surface area contributed by atoms with Gasteiger partial charge in [0, 0.05) is 5.71 Å². The molecule has 0 aliphatic carbocycles. The summed E-state index contributed by atoms with van der Waals surface area (Å²) in [6.45, 7) is 4.30. The molecule has 0 saturated heterocycles. The molecule has 0 N–H and O–H groups in total. The van der Waals surface area contributed by atoms with Crippen molar-refractivity contribution in [1.82, 2.24) is 0 Å². The van der Waals surface area contributed by atoms with Crippen LogP contribution in [0.15, 0.2) is 29.3 Å². The molecule has 17 heavy (non-hydrogen) atoms. The fourth-order valence-corrected chi connectivity index (χ4v) is 1.96. The Morgan fingerprint density at radius 1 is 1.41 bits per heavy atom. The third kappa shape index (κ3) is 2.73. The van der Waals surface area contributed by atoms with E-state index in [1.54, 1.807) is 0 Å². The number of esters is 1. The van der Waals surface area contributed by atoms with E-state index < -0.39 is 0 Å². The molecule has 1 atom stereocenters. The minimum absolute atomic E-state index is 0.199. The second kappa shape index (κ2) is 5.13. The highest BCUT2D eigenvalue weighted by Gasteiger charge is 2.25. The van der Waals surface area contributed by atoms with E-state index in [0.29, 0.717) is 6.61 Å². The lowest BCUT2D eigenvalue weighted by Gasteiger charge is -2.04. The minimum atomic E-state index is -0.300. The van der Waals surface area contributed by atoms with Crippen LogP contribution >= 0.6 is 0 Å². The van der Waals surface area contributed by atoms with Crippen LogP contribution in [0, 0.1) is 6.92 Å². The van der Waals surface area contributed by atoms with Crippen LogP contribution in [0.25, 0.3) is 0 Å². The third-order valence-corrected chi connectivity index (χ3v) is 2.91. The highest BCUT2D eigenvalue weighted by atomic mass is 16.5. The van der Waals surface area contributed by atoms with E-state index in [-0.39, 0.29) is 12.0 Å². The molecule has 0 bridgehead atoms. The Hall–Kier alpha value is -1.64. The van der Waals surface area contributed by atoms with Crippen LogP contribution in [-0.2, 0) is 9.53 Å². The zero-order valence-corrected chi connectivity index (χ0v) is 10.3. The quantitative estimate of drug-likeness (QED) is 0.750. The van der Waals surface area contributed by atoms with Gasteiger partial charge in [0.15, 0.2) is 0 Å². The fraction of sp³-hybridized carbons (Fsp3) is 0.429. The number of rotatable bonds is 3. The first-order chi connectivity index (χ1) is 8.20. The lowest BCUT2D eigenvalue weighted by Crippen LogP contribution is -2.18. The highest BCUT2D eigenvalue weighted by Crippen LogP contribution is 2.19. The molecule has 1 aromatic rings. The van der Waals surface area contributed by atoms with E-state index in [4.69, 9.17) is 4.74 Å². The van der Waals surface area contributed by atoms with E-state index in [9.17, 15) is 4.79 Å². The third-order valence-electron chi connectivity index (χ3n) is 2.91. The highest BCUT2D eigenvalue weighted by molar-refractivity contribution is 6.03. The van der Waals surface area contributed by atoms with E-state index in [2.05, 4.69) is 36.2 Å². The van der Waals surface area contributed by atoms with E-state index in [1.807, 2.05) is 6.92 Å². The number of carbonyl (C=O) groups excluding carboxylic acids is 1. The Morgan fingerprint density at radius 3 is 2.76 bits per heavy atom. The van der Waals surface area contributed by atoms with Gasteiger partial charge >= 0.3 is 5.97 Å². The van der Waals surface area contributed by atoms with Gasteiger partial charge in [-0.1, -0.05) is 29.8 Å². The number of hydrogen-bond donors (Lipinski definition) is 0. The van der Waals surface area contributed by atoms with Gasteiger partial charge < -0.3 is 4.74 Å². The molecular formula is C14H17NO2. The molecule has 1 aromatic carbocycles. The summed E-state index contributed by atoms with van der Waals surface area (Å²) < 4.78 is 4.98. The van der Waals surface area contributed by atoms with E-state index >= 15 is 0 Å². The van der Waals surface area contributed by atoms with Crippen molar-refractivity contribution >= 4 is 11.7 Å². The van der Waals surface area contributed by atoms with Gasteiger partial charge in [-0.15, -0.1) is 0 Å². The van der Waals surface area contributed by atoms with Crippen LogP contribution in [0.4, 0.5) is 0 Å². The zero-order chi connectivity index (χ0) is 12.3. The molecule has 1 aliphatic heterocycles. The van der Waals surface area contributed by atoms with Crippen molar-refractivity contribution in [2.24, 2.45) is 4.99 Å². The van der Waals surface area contributed by atoms with Crippen LogP contribution < -0.4 is 0 Å². The van der Waals surface area contributed by atoms with Gasteiger partial charge in [0.25, 0.3) is 0 Å². The molecular weight excluding hydrogens is 214 g/mol. The van der Waals surface area contributed by atoms with Crippen LogP contribution in [0.2, 0.25) is 0 Å². The van der Waals surface area contributed by atoms with Crippen molar-refractivity contribution in [1.29, 1.82) is 0 Å². The van der Waals surface area contributed by atoms with Crippen molar-refractivity contribution in [3.8, 4) is 0 Å². The van der Waals surface area contributed by atoms with Crippen molar-refractivity contribution in [3.05, 3.63) is 35.4 Å². The molecule has 0 fully saturated rings. The molecule has 1 heterocycles. The summed E-state index contributed by atoms with van der Waals surface area (Å²) >= 11 is 0. The molecule has 3 nitrogen and oxygen atoms in total. The normalized spacial score (nSPS) is 18.9.